The number of benzene rings is 1. The number of likely N-dealkylation sites (N-methyl/N-ethyl adjacent to an activating group) is 2. The maximum atomic E-state index is 10.9. The molecule has 6 heteroatoms. The monoisotopic (exact) mass is 265 g/mol. The molecule has 0 fully saturated rings. The van der Waals surface area contributed by atoms with Crippen molar-refractivity contribution in [3.8, 4) is 0 Å². The third-order valence-electron chi connectivity index (χ3n) is 2.83. The lowest BCUT2D eigenvalue weighted by atomic mass is 10.1. The summed E-state index contributed by atoms with van der Waals surface area (Å²) in [5.74, 6) is -0.464. The molecule has 0 bridgehead atoms. The summed E-state index contributed by atoms with van der Waals surface area (Å²) in [5.41, 5.74) is 7.00. The smallest absolute Gasteiger partial charge is 0.549 e. The topological polar surface area (TPSA) is 96.3 Å². The number of nitrogens with two attached hydrogens (primary N) is 1. The summed E-state index contributed by atoms with van der Waals surface area (Å²) in [4.78, 5) is 14.8. The number of anilines is 1. The number of carbonyl (C=O) groups excluding carboxylic acids is 1. The Morgan fingerprint density at radius 2 is 1.95 bits per heavy atom. The predicted molar refractivity (Wildman–Crippen MR) is 76.8 cm³/mol. The molecule has 104 valence electrons. The second-order valence-electron chi connectivity index (χ2n) is 4.70. The van der Waals surface area contributed by atoms with Crippen molar-refractivity contribution in [2.24, 2.45) is 0 Å². The van der Waals surface area contributed by atoms with Crippen molar-refractivity contribution in [3.63, 3.8) is 0 Å². The van der Waals surface area contributed by atoms with E-state index in [1.54, 1.807) is 11.0 Å². The van der Waals surface area contributed by atoms with E-state index in [4.69, 9.17) is 16.2 Å². The largest absolute Gasteiger partial charge is 0.561 e. The van der Waals surface area contributed by atoms with Crippen LogP contribution in [0.15, 0.2) is 18.2 Å². The molecule has 0 heterocycles. The molecule has 5 N–H and O–H groups in total. The highest BCUT2D eigenvalue weighted by atomic mass is 16.4. The standard InChI is InChI=1S/C13H20N4O2/c1-16(2)6-7-17(3)12(15)10-5-4-9(13(18)19)8-11(10)14/h4-5,8,15H,6-7,14H2,1-3H3,(H,18,19)/p+1. The van der Waals surface area contributed by atoms with Crippen molar-refractivity contribution in [3.05, 3.63) is 29.3 Å². The molecular weight excluding hydrogens is 244 g/mol. The molecular formula is C13H21N4O2+. The zero-order chi connectivity index (χ0) is 14.6. The van der Waals surface area contributed by atoms with Crippen molar-refractivity contribution in [1.82, 2.24) is 9.80 Å². The summed E-state index contributed by atoms with van der Waals surface area (Å²) in [6.45, 7) is 1.55. The molecule has 0 amide bonds. The van der Waals surface area contributed by atoms with Crippen LogP contribution in [0.5, 0.6) is 0 Å². The number of rotatable bonds is 5. The van der Waals surface area contributed by atoms with Gasteiger partial charge >= 0.3 is 5.97 Å². The van der Waals surface area contributed by atoms with Gasteiger partial charge in [-0.05, 0) is 32.3 Å². The maximum Gasteiger partial charge on any atom is 0.549 e. The predicted octanol–water partition coefficient (Wildman–Crippen LogP) is -0.0476. The van der Waals surface area contributed by atoms with Gasteiger partial charge in [0.05, 0.1) is 0 Å². The first-order chi connectivity index (χ1) is 8.82. The van der Waals surface area contributed by atoms with E-state index in [1.807, 2.05) is 26.0 Å². The van der Waals surface area contributed by atoms with Crippen molar-refractivity contribution in [2.75, 3.05) is 40.0 Å². The lowest BCUT2D eigenvalue weighted by Crippen LogP contribution is -2.33. The third-order valence-corrected chi connectivity index (χ3v) is 2.83. The maximum absolute atomic E-state index is 10.9. The molecule has 0 unspecified atom stereocenters. The fourth-order valence-corrected chi connectivity index (χ4v) is 1.59. The van der Waals surface area contributed by atoms with E-state index in [0.717, 1.165) is 6.54 Å². The van der Waals surface area contributed by atoms with Crippen LogP contribution in [0, 0.1) is 5.41 Å². The summed E-state index contributed by atoms with van der Waals surface area (Å²) in [5, 5.41) is 15.1. The first-order valence-corrected chi connectivity index (χ1v) is 5.93. The number of carbonyl (C=O) groups is 1. The Kier molecular flexibility index (Phi) is 4.88. The molecule has 6 nitrogen and oxygen atoms in total. The number of nitrogens with zero attached hydrogens (tertiary/aromatic N) is 2. The number of amidine groups is 1. The van der Waals surface area contributed by atoms with Crippen molar-refractivity contribution in [1.29, 1.82) is 5.41 Å². The Morgan fingerprint density at radius 3 is 2.42 bits per heavy atom. The van der Waals surface area contributed by atoms with E-state index >= 15 is 0 Å². The second kappa shape index (κ2) is 6.19. The zero-order valence-corrected chi connectivity index (χ0v) is 11.5. The zero-order valence-electron chi connectivity index (χ0n) is 11.5. The summed E-state index contributed by atoms with van der Waals surface area (Å²) in [6.07, 6.45) is 0. The van der Waals surface area contributed by atoms with Crippen LogP contribution in [0.3, 0.4) is 0 Å². The van der Waals surface area contributed by atoms with Gasteiger partial charge in [0, 0.05) is 36.2 Å². The first kappa shape index (κ1) is 15.0. The van der Waals surface area contributed by atoms with Gasteiger partial charge in [0.15, 0.2) is 0 Å². The van der Waals surface area contributed by atoms with Gasteiger partial charge in [-0.2, -0.15) is 0 Å². The minimum absolute atomic E-state index is 0.241. The number of hydrogen-bond donors (Lipinski definition) is 2. The SMILES string of the molecule is CN(C)CCN(C)C(=N)c1ccc(C(=O)[OH2+])cc1N. The Morgan fingerprint density at radius 1 is 1.32 bits per heavy atom. The van der Waals surface area contributed by atoms with E-state index in [2.05, 4.69) is 0 Å². The Labute approximate surface area is 112 Å². The van der Waals surface area contributed by atoms with Crippen LogP contribution in [0.1, 0.15) is 15.9 Å². The van der Waals surface area contributed by atoms with Crippen LogP contribution in [-0.4, -0.2) is 60.9 Å². The number of nitrogens with one attached hydrogen (secondary N) is 1. The fourth-order valence-electron chi connectivity index (χ4n) is 1.59. The van der Waals surface area contributed by atoms with Gasteiger partial charge in [0.2, 0.25) is 0 Å². The van der Waals surface area contributed by atoms with E-state index in [1.165, 1.54) is 12.1 Å². The average molecular weight is 265 g/mol. The van der Waals surface area contributed by atoms with Crippen molar-refractivity contribution in [2.45, 2.75) is 0 Å². The highest BCUT2D eigenvalue weighted by Gasteiger charge is 2.16. The van der Waals surface area contributed by atoms with Gasteiger partial charge < -0.3 is 20.6 Å². The molecule has 1 rings (SSSR count). The van der Waals surface area contributed by atoms with Crippen molar-refractivity contribution < 1.29 is 9.90 Å². The number of hydrogen-bond acceptors (Lipinski definition) is 4. The molecule has 0 spiro atoms. The molecule has 0 atom stereocenters. The Hall–Kier alpha value is -2.08. The van der Waals surface area contributed by atoms with E-state index in [-0.39, 0.29) is 5.56 Å². The van der Waals surface area contributed by atoms with Crippen LogP contribution >= 0.6 is 0 Å². The molecule has 1 aromatic rings. The summed E-state index contributed by atoms with van der Waals surface area (Å²) < 4.78 is 0. The molecule has 0 aliphatic carbocycles. The third kappa shape index (κ3) is 3.96. The molecule has 0 saturated heterocycles. The van der Waals surface area contributed by atoms with Gasteiger partial charge in [-0.15, -0.1) is 0 Å². The van der Waals surface area contributed by atoms with Crippen LogP contribution in [0.4, 0.5) is 5.69 Å². The molecule has 0 aromatic heterocycles. The van der Waals surface area contributed by atoms with Crippen LogP contribution < -0.4 is 5.73 Å². The highest BCUT2D eigenvalue weighted by Crippen LogP contribution is 2.16. The first-order valence-electron chi connectivity index (χ1n) is 5.93. The van der Waals surface area contributed by atoms with Gasteiger partial charge in [-0.3, -0.25) is 5.41 Å². The van der Waals surface area contributed by atoms with Crippen LogP contribution in [0.25, 0.3) is 0 Å². The number of nitrogen functional groups attached to an aromatic ring is 1. The van der Waals surface area contributed by atoms with Gasteiger partial charge in [0.1, 0.15) is 11.4 Å². The Bertz CT molecular complexity index is 486. The lowest BCUT2D eigenvalue weighted by molar-refractivity contribution is 0.0697. The highest BCUT2D eigenvalue weighted by molar-refractivity contribution is 6.02. The fraction of sp³-hybridized carbons (Fsp3) is 0.385. The summed E-state index contributed by atoms with van der Waals surface area (Å²) in [7, 11) is 5.77. The summed E-state index contributed by atoms with van der Waals surface area (Å²) in [6, 6.07) is 4.58. The van der Waals surface area contributed by atoms with Gasteiger partial charge in [-0.25, -0.2) is 0 Å². The lowest BCUT2D eigenvalue weighted by Gasteiger charge is -2.22. The molecule has 0 aliphatic rings. The summed E-state index contributed by atoms with van der Waals surface area (Å²) >= 11 is 0. The van der Waals surface area contributed by atoms with E-state index in [9.17, 15) is 4.79 Å². The molecule has 0 radical (unpaired) electrons. The molecule has 1 aromatic carbocycles. The van der Waals surface area contributed by atoms with Crippen molar-refractivity contribution >= 4 is 17.5 Å². The van der Waals surface area contributed by atoms with E-state index in [0.29, 0.717) is 23.6 Å². The van der Waals surface area contributed by atoms with Gasteiger partial charge in [0.25, 0.3) is 0 Å². The van der Waals surface area contributed by atoms with Crippen LogP contribution in [0.2, 0.25) is 0 Å². The average Bonchev–Trinajstić information content (AvgIpc) is 2.34. The van der Waals surface area contributed by atoms with Crippen LogP contribution in [-0.2, 0) is 0 Å². The quantitative estimate of drug-likeness (QED) is 0.338. The van der Waals surface area contributed by atoms with E-state index < -0.39 is 5.97 Å². The Balaban J connectivity index is 2.85. The molecule has 0 saturated carbocycles. The molecule has 19 heavy (non-hydrogen) atoms. The normalized spacial score (nSPS) is 10.5. The van der Waals surface area contributed by atoms with Gasteiger partial charge in [-0.1, -0.05) is 0 Å². The minimum atomic E-state index is -0.772. The minimum Gasteiger partial charge on any atom is -0.561 e. The molecule has 0 aliphatic heterocycles. The second-order valence-corrected chi connectivity index (χ2v) is 4.70.